The Kier molecular flexibility index (Phi) is 2.83. The Morgan fingerprint density at radius 1 is 1.05 bits per heavy atom. The fourth-order valence-electron chi connectivity index (χ4n) is 2.56. The first-order valence-electron chi connectivity index (χ1n) is 6.47. The first-order valence-corrected chi connectivity index (χ1v) is 6.47. The lowest BCUT2D eigenvalue weighted by Crippen LogP contribution is -2.03. The number of phenols is 1. The summed E-state index contributed by atoms with van der Waals surface area (Å²) in [6.07, 6.45) is 0. The van der Waals surface area contributed by atoms with Crippen LogP contribution in [0, 0.1) is 6.92 Å². The minimum absolute atomic E-state index is 0.0145. The minimum atomic E-state index is -0.0145. The maximum atomic E-state index is 12.7. The summed E-state index contributed by atoms with van der Waals surface area (Å²) in [5.74, 6) is 0.149. The molecule has 0 aliphatic heterocycles. The molecule has 100 valence electrons. The molecule has 0 aliphatic carbocycles. The second-order valence-corrected chi connectivity index (χ2v) is 4.91. The fourth-order valence-corrected chi connectivity index (χ4v) is 2.56. The van der Waals surface area contributed by atoms with E-state index in [2.05, 4.69) is 0 Å². The zero-order valence-corrected chi connectivity index (χ0v) is 11.4. The Morgan fingerprint density at radius 3 is 2.40 bits per heavy atom. The van der Waals surface area contributed by atoms with Gasteiger partial charge in [-0.05, 0) is 37.3 Å². The average molecular weight is 265 g/mol. The Balaban J connectivity index is 2.22. The zero-order valence-electron chi connectivity index (χ0n) is 11.4. The van der Waals surface area contributed by atoms with E-state index >= 15 is 0 Å². The van der Waals surface area contributed by atoms with Gasteiger partial charge in [0.1, 0.15) is 5.75 Å². The molecular formula is C17H15NO2. The number of aromatic hydroxyl groups is 1. The third-order valence-electron chi connectivity index (χ3n) is 3.76. The van der Waals surface area contributed by atoms with Gasteiger partial charge in [0.25, 0.3) is 0 Å². The Hall–Kier alpha value is -2.55. The number of ketones is 1. The van der Waals surface area contributed by atoms with E-state index in [-0.39, 0.29) is 11.5 Å². The van der Waals surface area contributed by atoms with Gasteiger partial charge >= 0.3 is 0 Å². The molecule has 3 rings (SSSR count). The van der Waals surface area contributed by atoms with Crippen molar-refractivity contribution in [3.63, 3.8) is 0 Å². The number of rotatable bonds is 2. The predicted molar refractivity (Wildman–Crippen MR) is 79.2 cm³/mol. The maximum Gasteiger partial charge on any atom is 0.195 e. The van der Waals surface area contributed by atoms with Crippen molar-refractivity contribution in [3.05, 3.63) is 65.4 Å². The molecule has 2 aromatic carbocycles. The molecule has 0 fully saturated rings. The number of aryl methyl sites for hydroxylation is 1. The number of nitrogens with zero attached hydrogens (tertiary/aromatic N) is 1. The number of para-hydroxylation sites is 1. The van der Waals surface area contributed by atoms with E-state index in [1.165, 1.54) is 12.1 Å². The third-order valence-corrected chi connectivity index (χ3v) is 3.76. The van der Waals surface area contributed by atoms with Crippen LogP contribution >= 0.6 is 0 Å². The summed E-state index contributed by atoms with van der Waals surface area (Å²) in [5.41, 5.74) is 3.31. The fraction of sp³-hybridized carbons (Fsp3) is 0.118. The molecule has 0 radical (unpaired) electrons. The highest BCUT2D eigenvalue weighted by Crippen LogP contribution is 2.27. The SMILES string of the molecule is Cc1c(C(=O)c2ccc(O)cc2)c2ccccc2n1C. The van der Waals surface area contributed by atoms with Crippen molar-refractivity contribution < 1.29 is 9.90 Å². The number of hydrogen-bond donors (Lipinski definition) is 1. The van der Waals surface area contributed by atoms with Crippen LogP contribution in [0.25, 0.3) is 10.9 Å². The molecule has 0 spiro atoms. The van der Waals surface area contributed by atoms with Gasteiger partial charge in [-0.15, -0.1) is 0 Å². The highest BCUT2D eigenvalue weighted by atomic mass is 16.3. The van der Waals surface area contributed by atoms with Crippen LogP contribution in [0.4, 0.5) is 0 Å². The second-order valence-electron chi connectivity index (χ2n) is 4.91. The van der Waals surface area contributed by atoms with Crippen molar-refractivity contribution in [3.8, 4) is 5.75 Å². The summed E-state index contributed by atoms with van der Waals surface area (Å²) >= 11 is 0. The maximum absolute atomic E-state index is 12.7. The minimum Gasteiger partial charge on any atom is -0.508 e. The smallest absolute Gasteiger partial charge is 0.195 e. The van der Waals surface area contributed by atoms with Gasteiger partial charge < -0.3 is 9.67 Å². The molecule has 0 saturated carbocycles. The molecule has 1 heterocycles. The van der Waals surface area contributed by atoms with Crippen molar-refractivity contribution in [1.29, 1.82) is 0 Å². The molecule has 0 atom stereocenters. The number of carbonyl (C=O) groups excluding carboxylic acids is 1. The molecule has 3 heteroatoms. The van der Waals surface area contributed by atoms with Crippen molar-refractivity contribution >= 4 is 16.7 Å². The first kappa shape index (κ1) is 12.5. The molecule has 0 bridgehead atoms. The predicted octanol–water partition coefficient (Wildman–Crippen LogP) is 3.42. The number of hydrogen-bond acceptors (Lipinski definition) is 2. The monoisotopic (exact) mass is 265 g/mol. The Bertz CT molecular complexity index is 798. The average Bonchev–Trinajstić information content (AvgIpc) is 2.72. The molecule has 3 aromatic rings. The molecule has 20 heavy (non-hydrogen) atoms. The molecule has 1 aromatic heterocycles. The van der Waals surface area contributed by atoms with Crippen LogP contribution in [0.15, 0.2) is 48.5 Å². The van der Waals surface area contributed by atoms with Gasteiger partial charge in [-0.2, -0.15) is 0 Å². The lowest BCUT2D eigenvalue weighted by atomic mass is 10.0. The number of fused-ring (bicyclic) bond motifs is 1. The zero-order chi connectivity index (χ0) is 14.3. The van der Waals surface area contributed by atoms with E-state index in [0.29, 0.717) is 5.56 Å². The highest BCUT2D eigenvalue weighted by Gasteiger charge is 2.19. The van der Waals surface area contributed by atoms with E-state index in [9.17, 15) is 9.90 Å². The lowest BCUT2D eigenvalue weighted by molar-refractivity contribution is 0.103. The third kappa shape index (κ3) is 1.79. The summed E-state index contributed by atoms with van der Waals surface area (Å²) in [6.45, 7) is 1.95. The molecule has 3 nitrogen and oxygen atoms in total. The van der Waals surface area contributed by atoms with Gasteiger partial charge in [0, 0.05) is 29.2 Å². The van der Waals surface area contributed by atoms with Crippen LogP contribution < -0.4 is 0 Å². The summed E-state index contributed by atoms with van der Waals surface area (Å²) in [7, 11) is 1.96. The van der Waals surface area contributed by atoms with Gasteiger partial charge in [-0.25, -0.2) is 0 Å². The molecule has 0 unspecified atom stereocenters. The van der Waals surface area contributed by atoms with E-state index in [1.807, 2.05) is 42.8 Å². The van der Waals surface area contributed by atoms with Gasteiger partial charge in [0.05, 0.1) is 5.56 Å². The van der Waals surface area contributed by atoms with E-state index < -0.39 is 0 Å². The summed E-state index contributed by atoms with van der Waals surface area (Å²) in [5, 5.41) is 10.3. The number of phenolic OH excluding ortho intramolecular Hbond substituents is 1. The van der Waals surface area contributed by atoms with Gasteiger partial charge in [0.15, 0.2) is 5.78 Å². The van der Waals surface area contributed by atoms with Crippen molar-refractivity contribution in [2.45, 2.75) is 6.92 Å². The van der Waals surface area contributed by atoms with Gasteiger partial charge in [-0.1, -0.05) is 18.2 Å². The largest absolute Gasteiger partial charge is 0.508 e. The highest BCUT2D eigenvalue weighted by molar-refractivity contribution is 6.17. The van der Waals surface area contributed by atoms with Crippen LogP contribution in [0.2, 0.25) is 0 Å². The second kappa shape index (κ2) is 4.53. The van der Waals surface area contributed by atoms with Crippen LogP contribution in [0.5, 0.6) is 5.75 Å². The Morgan fingerprint density at radius 2 is 1.70 bits per heavy atom. The number of aromatic nitrogens is 1. The van der Waals surface area contributed by atoms with E-state index in [4.69, 9.17) is 0 Å². The molecule has 0 aliphatic rings. The summed E-state index contributed by atoms with van der Waals surface area (Å²) < 4.78 is 2.03. The van der Waals surface area contributed by atoms with Gasteiger partial charge in [0.2, 0.25) is 0 Å². The Labute approximate surface area is 117 Å². The molecule has 1 N–H and O–H groups in total. The van der Waals surface area contributed by atoms with E-state index in [0.717, 1.165) is 22.2 Å². The molecular weight excluding hydrogens is 250 g/mol. The number of benzene rings is 2. The van der Waals surface area contributed by atoms with Crippen LogP contribution in [-0.2, 0) is 7.05 Å². The van der Waals surface area contributed by atoms with Crippen molar-refractivity contribution in [2.24, 2.45) is 7.05 Å². The van der Waals surface area contributed by atoms with Crippen molar-refractivity contribution in [1.82, 2.24) is 4.57 Å². The topological polar surface area (TPSA) is 42.2 Å². The van der Waals surface area contributed by atoms with Crippen LogP contribution in [-0.4, -0.2) is 15.5 Å². The first-order chi connectivity index (χ1) is 9.59. The standard InChI is InChI=1S/C17H15NO2/c1-11-16(14-5-3-4-6-15(14)18(11)2)17(20)12-7-9-13(19)10-8-12/h3-10,19H,1-2H3. The van der Waals surface area contributed by atoms with Crippen molar-refractivity contribution in [2.75, 3.05) is 0 Å². The van der Waals surface area contributed by atoms with Crippen LogP contribution in [0.1, 0.15) is 21.6 Å². The summed E-state index contributed by atoms with van der Waals surface area (Å²) in [6, 6.07) is 14.3. The van der Waals surface area contributed by atoms with Crippen LogP contribution in [0.3, 0.4) is 0 Å². The molecule has 0 saturated heterocycles. The normalized spacial score (nSPS) is 10.9. The number of carbonyl (C=O) groups is 1. The summed E-state index contributed by atoms with van der Waals surface area (Å²) in [4.78, 5) is 12.7. The lowest BCUT2D eigenvalue weighted by Gasteiger charge is -2.03. The molecule has 0 amide bonds. The quantitative estimate of drug-likeness (QED) is 0.721. The van der Waals surface area contributed by atoms with E-state index in [1.54, 1.807) is 12.1 Å². The van der Waals surface area contributed by atoms with Gasteiger partial charge in [-0.3, -0.25) is 4.79 Å².